The van der Waals surface area contributed by atoms with Crippen LogP contribution in [0.5, 0.6) is 0 Å². The number of aryl methyl sites for hydroxylation is 1. The van der Waals surface area contributed by atoms with Crippen molar-refractivity contribution >= 4 is 0 Å². The van der Waals surface area contributed by atoms with Crippen LogP contribution in [0.4, 0.5) is 0 Å². The van der Waals surface area contributed by atoms with Crippen LogP contribution in [0.3, 0.4) is 0 Å². The SMILES string of the molecule is CCC(C)(CC)c1cnc(-c2ccccc2)cc1C. The van der Waals surface area contributed by atoms with Gasteiger partial charge in [0.2, 0.25) is 0 Å². The second-order valence-corrected chi connectivity index (χ2v) is 5.52. The first-order valence-corrected chi connectivity index (χ1v) is 7.13. The number of benzene rings is 1. The van der Waals surface area contributed by atoms with Gasteiger partial charge in [0.15, 0.2) is 0 Å². The second kappa shape index (κ2) is 5.56. The average Bonchev–Trinajstić information content (AvgIpc) is 2.47. The average molecular weight is 253 g/mol. The van der Waals surface area contributed by atoms with Crippen LogP contribution in [0.25, 0.3) is 11.3 Å². The summed E-state index contributed by atoms with van der Waals surface area (Å²) in [6, 6.07) is 12.6. The predicted molar refractivity (Wildman–Crippen MR) is 82.3 cm³/mol. The van der Waals surface area contributed by atoms with Crippen molar-refractivity contribution in [3.8, 4) is 11.3 Å². The fourth-order valence-electron chi connectivity index (χ4n) is 2.59. The van der Waals surface area contributed by atoms with Gasteiger partial charge in [-0.2, -0.15) is 0 Å². The normalized spacial score (nSPS) is 11.6. The molecule has 0 atom stereocenters. The van der Waals surface area contributed by atoms with Gasteiger partial charge in [-0.1, -0.05) is 51.1 Å². The minimum Gasteiger partial charge on any atom is -0.256 e. The van der Waals surface area contributed by atoms with Crippen LogP contribution < -0.4 is 0 Å². The van der Waals surface area contributed by atoms with E-state index in [0.717, 1.165) is 18.5 Å². The van der Waals surface area contributed by atoms with Crippen molar-refractivity contribution in [3.05, 3.63) is 53.7 Å². The number of hydrogen-bond donors (Lipinski definition) is 0. The lowest BCUT2D eigenvalue weighted by Gasteiger charge is -2.29. The van der Waals surface area contributed by atoms with Crippen molar-refractivity contribution < 1.29 is 0 Å². The Kier molecular flexibility index (Phi) is 4.04. The second-order valence-electron chi connectivity index (χ2n) is 5.52. The lowest BCUT2D eigenvalue weighted by Crippen LogP contribution is -2.21. The Labute approximate surface area is 116 Å². The molecule has 1 heteroatoms. The van der Waals surface area contributed by atoms with Gasteiger partial charge < -0.3 is 0 Å². The minimum atomic E-state index is 0.242. The number of aromatic nitrogens is 1. The Morgan fingerprint density at radius 1 is 1.05 bits per heavy atom. The fraction of sp³-hybridized carbons (Fsp3) is 0.389. The van der Waals surface area contributed by atoms with E-state index in [4.69, 9.17) is 0 Å². The molecule has 2 rings (SSSR count). The van der Waals surface area contributed by atoms with Gasteiger partial charge in [0.1, 0.15) is 0 Å². The third-order valence-corrected chi connectivity index (χ3v) is 4.39. The molecule has 19 heavy (non-hydrogen) atoms. The molecule has 100 valence electrons. The van der Waals surface area contributed by atoms with Crippen molar-refractivity contribution in [1.29, 1.82) is 0 Å². The molecule has 0 saturated heterocycles. The van der Waals surface area contributed by atoms with Gasteiger partial charge in [-0.05, 0) is 42.4 Å². The molecule has 1 aromatic carbocycles. The summed E-state index contributed by atoms with van der Waals surface area (Å²) in [7, 11) is 0. The third kappa shape index (κ3) is 2.70. The van der Waals surface area contributed by atoms with Crippen LogP contribution in [0, 0.1) is 6.92 Å². The number of rotatable bonds is 4. The largest absolute Gasteiger partial charge is 0.256 e. The van der Waals surface area contributed by atoms with Gasteiger partial charge in [-0.3, -0.25) is 4.98 Å². The van der Waals surface area contributed by atoms with Gasteiger partial charge in [0.25, 0.3) is 0 Å². The summed E-state index contributed by atoms with van der Waals surface area (Å²) in [5, 5.41) is 0. The van der Waals surface area contributed by atoms with Crippen LogP contribution >= 0.6 is 0 Å². The summed E-state index contributed by atoms with van der Waals surface area (Å²) in [6.45, 7) is 9.05. The van der Waals surface area contributed by atoms with E-state index in [9.17, 15) is 0 Å². The Hall–Kier alpha value is -1.63. The molecule has 0 saturated carbocycles. The van der Waals surface area contributed by atoms with E-state index in [2.05, 4.69) is 69.2 Å². The highest BCUT2D eigenvalue weighted by molar-refractivity contribution is 5.60. The molecular weight excluding hydrogens is 230 g/mol. The monoisotopic (exact) mass is 253 g/mol. The molecule has 2 aromatic rings. The summed E-state index contributed by atoms with van der Waals surface area (Å²) >= 11 is 0. The van der Waals surface area contributed by atoms with E-state index in [1.54, 1.807) is 0 Å². The molecule has 0 spiro atoms. The number of nitrogens with zero attached hydrogens (tertiary/aromatic N) is 1. The van der Waals surface area contributed by atoms with Crippen molar-refractivity contribution in [2.24, 2.45) is 0 Å². The van der Waals surface area contributed by atoms with E-state index in [1.807, 2.05) is 6.07 Å². The molecule has 0 radical (unpaired) electrons. The zero-order chi connectivity index (χ0) is 13.9. The lowest BCUT2D eigenvalue weighted by atomic mass is 9.76. The summed E-state index contributed by atoms with van der Waals surface area (Å²) in [5.74, 6) is 0. The molecule has 0 unspecified atom stereocenters. The maximum absolute atomic E-state index is 4.67. The first-order chi connectivity index (χ1) is 9.10. The summed E-state index contributed by atoms with van der Waals surface area (Å²) < 4.78 is 0. The third-order valence-electron chi connectivity index (χ3n) is 4.39. The van der Waals surface area contributed by atoms with Crippen LogP contribution in [0.1, 0.15) is 44.7 Å². The van der Waals surface area contributed by atoms with Crippen LogP contribution in [-0.4, -0.2) is 4.98 Å². The van der Waals surface area contributed by atoms with E-state index < -0.39 is 0 Å². The Morgan fingerprint density at radius 3 is 2.21 bits per heavy atom. The first kappa shape index (κ1) is 13.8. The summed E-state index contributed by atoms with van der Waals surface area (Å²) in [4.78, 5) is 4.67. The molecule has 0 amide bonds. The highest BCUT2D eigenvalue weighted by Crippen LogP contribution is 2.33. The van der Waals surface area contributed by atoms with E-state index in [-0.39, 0.29) is 5.41 Å². The van der Waals surface area contributed by atoms with Gasteiger partial charge >= 0.3 is 0 Å². The summed E-state index contributed by atoms with van der Waals surface area (Å²) in [6.07, 6.45) is 4.37. The van der Waals surface area contributed by atoms with Crippen LogP contribution in [0.15, 0.2) is 42.6 Å². The Balaban J connectivity index is 2.43. The first-order valence-electron chi connectivity index (χ1n) is 7.13. The zero-order valence-corrected chi connectivity index (χ0v) is 12.4. The highest BCUT2D eigenvalue weighted by Gasteiger charge is 2.24. The topological polar surface area (TPSA) is 12.9 Å². The Morgan fingerprint density at radius 2 is 1.68 bits per heavy atom. The zero-order valence-electron chi connectivity index (χ0n) is 12.4. The summed E-state index contributed by atoms with van der Waals surface area (Å²) in [5.41, 5.74) is 5.23. The van der Waals surface area contributed by atoms with Crippen LogP contribution in [-0.2, 0) is 5.41 Å². The molecule has 0 aliphatic heterocycles. The molecule has 1 aromatic heterocycles. The quantitative estimate of drug-likeness (QED) is 0.735. The van der Waals surface area contributed by atoms with Gasteiger partial charge in [0.05, 0.1) is 5.69 Å². The molecule has 0 aliphatic carbocycles. The molecule has 0 N–H and O–H groups in total. The smallest absolute Gasteiger partial charge is 0.0704 e. The van der Waals surface area contributed by atoms with E-state index in [1.165, 1.54) is 16.7 Å². The lowest BCUT2D eigenvalue weighted by molar-refractivity contribution is 0.435. The van der Waals surface area contributed by atoms with E-state index >= 15 is 0 Å². The van der Waals surface area contributed by atoms with Crippen molar-refractivity contribution in [3.63, 3.8) is 0 Å². The molecule has 0 aliphatic rings. The fourth-order valence-corrected chi connectivity index (χ4v) is 2.59. The van der Waals surface area contributed by atoms with Gasteiger partial charge in [-0.15, -0.1) is 0 Å². The standard InChI is InChI=1S/C18H23N/c1-5-18(4,6-2)16-13-19-17(12-14(16)3)15-10-8-7-9-11-15/h7-13H,5-6H2,1-4H3. The van der Waals surface area contributed by atoms with Gasteiger partial charge in [0, 0.05) is 11.8 Å². The van der Waals surface area contributed by atoms with Crippen molar-refractivity contribution in [2.45, 2.75) is 46.0 Å². The Bertz CT molecular complexity index is 539. The number of pyridine rings is 1. The van der Waals surface area contributed by atoms with Gasteiger partial charge in [-0.25, -0.2) is 0 Å². The number of hydrogen-bond acceptors (Lipinski definition) is 1. The molecule has 1 nitrogen and oxygen atoms in total. The molecule has 0 fully saturated rings. The minimum absolute atomic E-state index is 0.242. The maximum Gasteiger partial charge on any atom is 0.0704 e. The maximum atomic E-state index is 4.67. The molecule has 1 heterocycles. The highest BCUT2D eigenvalue weighted by atomic mass is 14.7. The molecular formula is C18H23N. The van der Waals surface area contributed by atoms with Crippen molar-refractivity contribution in [2.75, 3.05) is 0 Å². The van der Waals surface area contributed by atoms with Crippen molar-refractivity contribution in [1.82, 2.24) is 4.98 Å². The van der Waals surface area contributed by atoms with E-state index in [0.29, 0.717) is 0 Å². The molecule has 0 bridgehead atoms. The van der Waals surface area contributed by atoms with Crippen LogP contribution in [0.2, 0.25) is 0 Å². The predicted octanol–water partition coefficient (Wildman–Crippen LogP) is 5.13.